The van der Waals surface area contributed by atoms with Crippen LogP contribution in [0.15, 0.2) is 16.6 Å². The van der Waals surface area contributed by atoms with Gasteiger partial charge in [-0.2, -0.15) is 0 Å². The minimum Gasteiger partial charge on any atom is -0.504 e. The third kappa shape index (κ3) is 3.66. The minimum absolute atomic E-state index is 0.105. The van der Waals surface area contributed by atoms with Gasteiger partial charge in [0.15, 0.2) is 11.5 Å². The van der Waals surface area contributed by atoms with E-state index in [0.29, 0.717) is 18.8 Å². The lowest BCUT2D eigenvalue weighted by Crippen LogP contribution is -2.24. The van der Waals surface area contributed by atoms with Gasteiger partial charge in [0, 0.05) is 17.6 Å². The standard InChI is InChI=1S/C11H16BrNO3/c1-7(14)5-13-6-8-3-11(16-2)10(15)4-9(8)12/h3-4,7,13-15H,5-6H2,1-2H3/t7-/m1/s1. The number of ether oxygens (including phenoxy) is 1. The maximum atomic E-state index is 9.51. The largest absolute Gasteiger partial charge is 0.504 e. The Labute approximate surface area is 103 Å². The van der Waals surface area contributed by atoms with Crippen molar-refractivity contribution in [2.45, 2.75) is 19.6 Å². The van der Waals surface area contributed by atoms with Gasteiger partial charge >= 0.3 is 0 Å². The van der Waals surface area contributed by atoms with Gasteiger partial charge in [-0.15, -0.1) is 0 Å². The van der Waals surface area contributed by atoms with Crippen molar-refractivity contribution in [1.29, 1.82) is 0 Å². The van der Waals surface area contributed by atoms with Crippen molar-refractivity contribution in [2.24, 2.45) is 0 Å². The summed E-state index contributed by atoms with van der Waals surface area (Å²) in [4.78, 5) is 0. The number of rotatable bonds is 5. The Balaban J connectivity index is 2.72. The van der Waals surface area contributed by atoms with Gasteiger partial charge in [0.2, 0.25) is 0 Å². The molecule has 5 heteroatoms. The summed E-state index contributed by atoms with van der Waals surface area (Å²) in [5, 5.41) is 21.7. The first kappa shape index (κ1) is 13.3. The molecule has 1 atom stereocenters. The number of aliphatic hydroxyl groups is 1. The first-order valence-electron chi connectivity index (χ1n) is 4.98. The van der Waals surface area contributed by atoms with Gasteiger partial charge in [0.1, 0.15) is 0 Å². The number of aromatic hydroxyl groups is 1. The Bertz CT molecular complexity index is 355. The second-order valence-corrected chi connectivity index (χ2v) is 4.45. The fourth-order valence-corrected chi connectivity index (χ4v) is 1.77. The number of benzene rings is 1. The number of methoxy groups -OCH3 is 1. The SMILES string of the molecule is COc1cc(CNC[C@@H](C)O)c(Br)cc1O. The van der Waals surface area contributed by atoms with Gasteiger partial charge in [-0.1, -0.05) is 15.9 Å². The molecule has 3 N–H and O–H groups in total. The van der Waals surface area contributed by atoms with Crippen LogP contribution in [-0.4, -0.2) is 30.0 Å². The molecule has 0 spiro atoms. The average Bonchev–Trinajstić information content (AvgIpc) is 2.20. The van der Waals surface area contributed by atoms with Crippen LogP contribution in [-0.2, 0) is 6.54 Å². The molecule has 0 bridgehead atoms. The van der Waals surface area contributed by atoms with Gasteiger partial charge < -0.3 is 20.3 Å². The van der Waals surface area contributed by atoms with Crippen molar-refractivity contribution in [1.82, 2.24) is 5.32 Å². The molecule has 0 unspecified atom stereocenters. The third-order valence-corrected chi connectivity index (χ3v) is 2.84. The van der Waals surface area contributed by atoms with Gasteiger partial charge in [-0.25, -0.2) is 0 Å². The number of hydrogen-bond donors (Lipinski definition) is 3. The summed E-state index contributed by atoms with van der Waals surface area (Å²) < 4.78 is 5.83. The van der Waals surface area contributed by atoms with Crippen LogP contribution in [0.3, 0.4) is 0 Å². The lowest BCUT2D eigenvalue weighted by Gasteiger charge is -2.11. The maximum Gasteiger partial charge on any atom is 0.160 e. The Morgan fingerprint density at radius 2 is 2.19 bits per heavy atom. The van der Waals surface area contributed by atoms with Crippen LogP contribution in [0.25, 0.3) is 0 Å². The lowest BCUT2D eigenvalue weighted by atomic mass is 10.2. The molecule has 0 aromatic heterocycles. The van der Waals surface area contributed by atoms with E-state index >= 15 is 0 Å². The number of phenols is 1. The van der Waals surface area contributed by atoms with E-state index < -0.39 is 0 Å². The summed E-state index contributed by atoms with van der Waals surface area (Å²) in [5.41, 5.74) is 0.968. The predicted octanol–water partition coefficient (Wildman–Crippen LogP) is 1.63. The van der Waals surface area contributed by atoms with E-state index in [1.165, 1.54) is 7.11 Å². The predicted molar refractivity (Wildman–Crippen MR) is 65.7 cm³/mol. The minimum atomic E-state index is -0.377. The highest BCUT2D eigenvalue weighted by atomic mass is 79.9. The van der Waals surface area contributed by atoms with Crippen molar-refractivity contribution in [3.05, 3.63) is 22.2 Å². The Hall–Kier alpha value is -0.780. The monoisotopic (exact) mass is 289 g/mol. The summed E-state index contributed by atoms with van der Waals surface area (Å²) in [6.07, 6.45) is -0.377. The molecule has 0 aliphatic heterocycles. The van der Waals surface area contributed by atoms with Crippen LogP contribution in [0, 0.1) is 0 Å². The Morgan fingerprint density at radius 3 is 2.75 bits per heavy atom. The highest BCUT2D eigenvalue weighted by Crippen LogP contribution is 2.32. The molecule has 1 aromatic rings. The highest BCUT2D eigenvalue weighted by molar-refractivity contribution is 9.10. The van der Waals surface area contributed by atoms with Crippen molar-refractivity contribution in [3.8, 4) is 11.5 Å². The number of halogens is 1. The zero-order valence-corrected chi connectivity index (χ0v) is 10.9. The van der Waals surface area contributed by atoms with Crippen LogP contribution in [0.2, 0.25) is 0 Å². The molecular formula is C11H16BrNO3. The number of aliphatic hydroxyl groups excluding tert-OH is 1. The zero-order chi connectivity index (χ0) is 12.1. The summed E-state index contributed by atoms with van der Waals surface area (Å²) in [6.45, 7) is 2.84. The highest BCUT2D eigenvalue weighted by Gasteiger charge is 2.07. The molecule has 0 aliphatic carbocycles. The van der Waals surface area contributed by atoms with E-state index in [1.54, 1.807) is 19.1 Å². The number of nitrogens with one attached hydrogen (secondary N) is 1. The summed E-state index contributed by atoms with van der Waals surface area (Å²) in [6, 6.07) is 3.35. The molecule has 1 rings (SSSR count). The van der Waals surface area contributed by atoms with Crippen molar-refractivity contribution < 1.29 is 14.9 Å². The first-order chi connectivity index (χ1) is 7.54. The van der Waals surface area contributed by atoms with Crippen molar-refractivity contribution in [3.63, 3.8) is 0 Å². The van der Waals surface area contributed by atoms with Crippen molar-refractivity contribution >= 4 is 15.9 Å². The van der Waals surface area contributed by atoms with Crippen LogP contribution >= 0.6 is 15.9 Å². The second kappa shape index (κ2) is 6.08. The first-order valence-corrected chi connectivity index (χ1v) is 5.78. The van der Waals surface area contributed by atoms with Crippen LogP contribution in [0.4, 0.5) is 0 Å². The quantitative estimate of drug-likeness (QED) is 0.771. The molecule has 90 valence electrons. The molecule has 0 saturated heterocycles. The maximum absolute atomic E-state index is 9.51. The van der Waals surface area contributed by atoms with E-state index in [9.17, 15) is 5.11 Å². The van der Waals surface area contributed by atoms with Gasteiger partial charge in [-0.3, -0.25) is 0 Å². The molecule has 0 radical (unpaired) electrons. The van der Waals surface area contributed by atoms with Gasteiger partial charge in [-0.05, 0) is 24.6 Å². The van der Waals surface area contributed by atoms with Gasteiger partial charge in [0.05, 0.1) is 13.2 Å². The zero-order valence-electron chi connectivity index (χ0n) is 9.33. The van der Waals surface area contributed by atoms with E-state index in [0.717, 1.165) is 10.0 Å². The smallest absolute Gasteiger partial charge is 0.160 e. The molecule has 0 amide bonds. The fourth-order valence-electron chi connectivity index (χ4n) is 1.30. The topological polar surface area (TPSA) is 61.7 Å². The Morgan fingerprint density at radius 1 is 1.50 bits per heavy atom. The molecule has 1 aromatic carbocycles. The number of phenolic OH excluding ortho intramolecular Hbond substituents is 1. The normalized spacial score (nSPS) is 12.5. The molecule has 16 heavy (non-hydrogen) atoms. The second-order valence-electron chi connectivity index (χ2n) is 3.60. The third-order valence-electron chi connectivity index (χ3n) is 2.10. The average molecular weight is 290 g/mol. The van der Waals surface area contributed by atoms with E-state index in [1.807, 2.05) is 0 Å². The van der Waals surface area contributed by atoms with Crippen LogP contribution in [0.1, 0.15) is 12.5 Å². The summed E-state index contributed by atoms with van der Waals surface area (Å²) >= 11 is 3.36. The molecule has 0 heterocycles. The van der Waals surface area contributed by atoms with Crippen molar-refractivity contribution in [2.75, 3.05) is 13.7 Å². The van der Waals surface area contributed by atoms with E-state index in [-0.39, 0.29) is 11.9 Å². The van der Waals surface area contributed by atoms with Crippen LogP contribution in [0.5, 0.6) is 11.5 Å². The van der Waals surface area contributed by atoms with Crippen LogP contribution < -0.4 is 10.1 Å². The molecule has 0 fully saturated rings. The summed E-state index contributed by atoms with van der Waals surface area (Å²) in [5.74, 6) is 0.547. The van der Waals surface area contributed by atoms with E-state index in [2.05, 4.69) is 21.2 Å². The fraction of sp³-hybridized carbons (Fsp3) is 0.455. The van der Waals surface area contributed by atoms with E-state index in [4.69, 9.17) is 9.84 Å². The lowest BCUT2D eigenvalue weighted by molar-refractivity contribution is 0.191. The molecular weight excluding hydrogens is 274 g/mol. The summed E-state index contributed by atoms with van der Waals surface area (Å²) in [7, 11) is 1.51. The molecule has 4 nitrogen and oxygen atoms in total. The Kier molecular flexibility index (Phi) is 5.05. The number of hydrogen-bond acceptors (Lipinski definition) is 4. The molecule has 0 aliphatic rings. The van der Waals surface area contributed by atoms with Gasteiger partial charge in [0.25, 0.3) is 0 Å². The molecule has 0 saturated carbocycles.